The summed E-state index contributed by atoms with van der Waals surface area (Å²) < 4.78 is 0. The van der Waals surface area contributed by atoms with Crippen molar-refractivity contribution in [3.63, 3.8) is 0 Å². The molecule has 1 saturated heterocycles. The average Bonchev–Trinajstić information content (AvgIpc) is 2.40. The van der Waals surface area contributed by atoms with Gasteiger partial charge < -0.3 is 10.0 Å². The van der Waals surface area contributed by atoms with Crippen molar-refractivity contribution in [2.45, 2.75) is 24.7 Å². The summed E-state index contributed by atoms with van der Waals surface area (Å²) in [6, 6.07) is 7.84. The van der Waals surface area contributed by atoms with E-state index in [4.69, 9.17) is 0 Å². The summed E-state index contributed by atoms with van der Waals surface area (Å²) in [6.45, 7) is 1.32. The number of hydrogen-bond donors (Lipinski definition) is 1. The Morgan fingerprint density at radius 3 is 2.50 bits per heavy atom. The zero-order valence-electron chi connectivity index (χ0n) is 10.6. The number of likely N-dealkylation sites (tertiary alicyclic amines) is 1. The molecule has 0 unspecified atom stereocenters. The van der Waals surface area contributed by atoms with Crippen LogP contribution in [0.4, 0.5) is 0 Å². The van der Waals surface area contributed by atoms with E-state index < -0.39 is 0 Å². The van der Waals surface area contributed by atoms with Crippen LogP contribution in [0.3, 0.4) is 0 Å². The van der Waals surface area contributed by atoms with Crippen LogP contribution >= 0.6 is 11.8 Å². The van der Waals surface area contributed by atoms with Crippen LogP contribution in [-0.4, -0.2) is 41.4 Å². The van der Waals surface area contributed by atoms with Crippen molar-refractivity contribution in [1.29, 1.82) is 0 Å². The van der Waals surface area contributed by atoms with Gasteiger partial charge in [-0.1, -0.05) is 12.1 Å². The predicted octanol–water partition coefficient (Wildman–Crippen LogP) is 2.15. The van der Waals surface area contributed by atoms with Gasteiger partial charge in [0.2, 0.25) is 0 Å². The number of hydrogen-bond acceptors (Lipinski definition) is 3. The van der Waals surface area contributed by atoms with Crippen LogP contribution in [0.2, 0.25) is 0 Å². The number of carbonyl (C=O) groups is 1. The maximum atomic E-state index is 12.2. The highest BCUT2D eigenvalue weighted by molar-refractivity contribution is 7.97. The van der Waals surface area contributed by atoms with Gasteiger partial charge in [0, 0.05) is 24.4 Å². The molecule has 0 atom stereocenters. The highest BCUT2D eigenvalue weighted by Crippen LogP contribution is 2.15. The smallest absolute Gasteiger partial charge is 0.253 e. The Morgan fingerprint density at radius 1 is 1.33 bits per heavy atom. The first-order valence-electron chi connectivity index (χ1n) is 6.26. The molecule has 1 aromatic rings. The maximum Gasteiger partial charge on any atom is 0.253 e. The quantitative estimate of drug-likeness (QED) is 0.910. The largest absolute Gasteiger partial charge is 0.393 e. The van der Waals surface area contributed by atoms with Crippen LogP contribution in [-0.2, 0) is 5.75 Å². The first kappa shape index (κ1) is 13.4. The number of aliphatic hydroxyl groups is 1. The summed E-state index contributed by atoms with van der Waals surface area (Å²) >= 11 is 1.77. The van der Waals surface area contributed by atoms with Gasteiger partial charge in [-0.25, -0.2) is 0 Å². The highest BCUT2D eigenvalue weighted by atomic mass is 32.2. The lowest BCUT2D eigenvalue weighted by Gasteiger charge is -2.29. The van der Waals surface area contributed by atoms with Crippen molar-refractivity contribution in [3.8, 4) is 0 Å². The number of nitrogens with zero attached hydrogens (tertiary/aromatic N) is 1. The summed E-state index contributed by atoms with van der Waals surface area (Å²) in [6.07, 6.45) is 3.21. The Labute approximate surface area is 112 Å². The lowest BCUT2D eigenvalue weighted by atomic mass is 10.1. The van der Waals surface area contributed by atoms with E-state index in [2.05, 4.69) is 6.26 Å². The van der Waals surface area contributed by atoms with Gasteiger partial charge in [-0.15, -0.1) is 0 Å². The molecule has 1 amide bonds. The van der Waals surface area contributed by atoms with Crippen molar-refractivity contribution in [2.24, 2.45) is 0 Å². The fourth-order valence-corrected chi connectivity index (χ4v) is 2.69. The fraction of sp³-hybridized carbons (Fsp3) is 0.500. The molecular weight excluding hydrogens is 246 g/mol. The molecule has 4 heteroatoms. The number of aliphatic hydroxyl groups excluding tert-OH is 1. The van der Waals surface area contributed by atoms with Crippen molar-refractivity contribution >= 4 is 17.7 Å². The molecule has 1 aliphatic heterocycles. The van der Waals surface area contributed by atoms with E-state index in [1.165, 1.54) is 5.56 Å². The van der Waals surface area contributed by atoms with Crippen molar-refractivity contribution in [1.82, 2.24) is 4.90 Å². The monoisotopic (exact) mass is 265 g/mol. The van der Waals surface area contributed by atoms with Gasteiger partial charge in [0.05, 0.1) is 6.10 Å². The zero-order chi connectivity index (χ0) is 13.0. The Balaban J connectivity index is 2.00. The van der Waals surface area contributed by atoms with Gasteiger partial charge >= 0.3 is 0 Å². The second kappa shape index (κ2) is 6.25. The lowest BCUT2D eigenvalue weighted by Crippen LogP contribution is -2.40. The average molecular weight is 265 g/mol. The third-order valence-corrected chi connectivity index (χ3v) is 3.89. The molecule has 0 radical (unpaired) electrons. The van der Waals surface area contributed by atoms with Crippen LogP contribution in [0.15, 0.2) is 24.3 Å². The Morgan fingerprint density at radius 2 is 1.94 bits per heavy atom. The van der Waals surface area contributed by atoms with Crippen LogP contribution in [0.5, 0.6) is 0 Å². The topological polar surface area (TPSA) is 40.5 Å². The molecule has 0 bridgehead atoms. The Kier molecular flexibility index (Phi) is 4.66. The van der Waals surface area contributed by atoms with Gasteiger partial charge in [0.25, 0.3) is 5.91 Å². The number of piperidine rings is 1. The van der Waals surface area contributed by atoms with Crippen LogP contribution in [0, 0.1) is 0 Å². The molecule has 1 heterocycles. The minimum absolute atomic E-state index is 0.0811. The molecule has 2 rings (SSSR count). The predicted molar refractivity (Wildman–Crippen MR) is 74.8 cm³/mol. The van der Waals surface area contributed by atoms with Gasteiger partial charge in [-0.3, -0.25) is 4.79 Å². The second-order valence-corrected chi connectivity index (χ2v) is 5.52. The molecule has 0 spiro atoms. The highest BCUT2D eigenvalue weighted by Gasteiger charge is 2.21. The zero-order valence-corrected chi connectivity index (χ0v) is 11.4. The Bertz CT molecular complexity index is 397. The summed E-state index contributed by atoms with van der Waals surface area (Å²) in [5.74, 6) is 1.06. The molecule has 1 aliphatic rings. The van der Waals surface area contributed by atoms with Crippen LogP contribution < -0.4 is 0 Å². The van der Waals surface area contributed by atoms with Crippen molar-refractivity contribution in [2.75, 3.05) is 19.3 Å². The summed E-state index contributed by atoms with van der Waals surface area (Å²) in [4.78, 5) is 14.0. The molecule has 1 fully saturated rings. The molecule has 0 aliphatic carbocycles. The third kappa shape index (κ3) is 3.27. The first-order chi connectivity index (χ1) is 8.70. The second-order valence-electron chi connectivity index (χ2n) is 4.65. The number of rotatable bonds is 3. The number of carbonyl (C=O) groups excluding carboxylic acids is 1. The van der Waals surface area contributed by atoms with Crippen LogP contribution in [0.25, 0.3) is 0 Å². The summed E-state index contributed by atoms with van der Waals surface area (Å²) in [5.41, 5.74) is 1.99. The standard InChI is InChI=1S/C14H19NO2S/c1-18-10-11-2-4-12(5-3-11)14(17)15-8-6-13(16)7-9-15/h2-5,13,16H,6-10H2,1H3. The number of benzene rings is 1. The van der Waals surface area contributed by atoms with E-state index in [1.54, 1.807) is 11.8 Å². The molecule has 98 valence electrons. The minimum atomic E-state index is -0.238. The molecule has 1 aromatic carbocycles. The minimum Gasteiger partial charge on any atom is -0.393 e. The number of thioether (sulfide) groups is 1. The van der Waals surface area contributed by atoms with Gasteiger partial charge in [-0.2, -0.15) is 11.8 Å². The van der Waals surface area contributed by atoms with E-state index in [1.807, 2.05) is 29.2 Å². The summed E-state index contributed by atoms with van der Waals surface area (Å²) in [5, 5.41) is 9.43. The SMILES string of the molecule is CSCc1ccc(C(=O)N2CCC(O)CC2)cc1. The van der Waals surface area contributed by atoms with Crippen molar-refractivity contribution in [3.05, 3.63) is 35.4 Å². The van der Waals surface area contributed by atoms with E-state index in [-0.39, 0.29) is 12.0 Å². The van der Waals surface area contributed by atoms with E-state index in [0.717, 1.165) is 11.3 Å². The third-order valence-electron chi connectivity index (χ3n) is 3.26. The fourth-order valence-electron chi connectivity index (χ4n) is 2.16. The van der Waals surface area contributed by atoms with Gasteiger partial charge in [0.15, 0.2) is 0 Å². The molecular formula is C14H19NO2S. The van der Waals surface area contributed by atoms with Gasteiger partial charge in [0.1, 0.15) is 0 Å². The van der Waals surface area contributed by atoms with Gasteiger partial charge in [-0.05, 0) is 36.8 Å². The first-order valence-corrected chi connectivity index (χ1v) is 7.65. The van der Waals surface area contributed by atoms with Crippen molar-refractivity contribution < 1.29 is 9.90 Å². The summed E-state index contributed by atoms with van der Waals surface area (Å²) in [7, 11) is 0. The van der Waals surface area contributed by atoms with E-state index in [9.17, 15) is 9.90 Å². The Hall–Kier alpha value is -1.00. The molecule has 1 N–H and O–H groups in total. The maximum absolute atomic E-state index is 12.2. The normalized spacial score (nSPS) is 16.9. The van der Waals surface area contributed by atoms with Crippen LogP contribution in [0.1, 0.15) is 28.8 Å². The van der Waals surface area contributed by atoms with E-state index in [0.29, 0.717) is 25.9 Å². The lowest BCUT2D eigenvalue weighted by molar-refractivity contribution is 0.0546. The molecule has 3 nitrogen and oxygen atoms in total. The molecule has 0 saturated carbocycles. The molecule has 0 aromatic heterocycles. The van der Waals surface area contributed by atoms with E-state index >= 15 is 0 Å². The molecule has 18 heavy (non-hydrogen) atoms. The number of amides is 1.